The lowest BCUT2D eigenvalue weighted by Crippen LogP contribution is -2.64. The first-order chi connectivity index (χ1) is 18.8. The van der Waals surface area contributed by atoms with Crippen LogP contribution in [0.2, 0.25) is 0 Å². The van der Waals surface area contributed by atoms with Crippen LogP contribution in [-0.2, 0) is 5.41 Å². The summed E-state index contributed by atoms with van der Waals surface area (Å²) in [6.07, 6.45) is 0. The van der Waals surface area contributed by atoms with Crippen molar-refractivity contribution in [1.82, 2.24) is 0 Å². The number of anilines is 3. The van der Waals surface area contributed by atoms with Crippen molar-refractivity contribution < 1.29 is 4.74 Å². The standard InChI is InChI=1S/C36H32BNO/c1-23-11-15-26(16-12-23)38-32-19-13-24(2)21-31(32)37-30-22-28(39-27-9-7-6-8-10-27)17-18-29(30)36(4,5)34-25(3)14-20-33(38)35(34)37/h6-22H,1-5H3. The van der Waals surface area contributed by atoms with Crippen LogP contribution in [0.5, 0.6) is 11.5 Å². The summed E-state index contributed by atoms with van der Waals surface area (Å²) < 4.78 is 6.37. The van der Waals surface area contributed by atoms with Crippen LogP contribution in [0.15, 0.2) is 103 Å². The Bertz CT molecular complexity index is 1740. The molecule has 0 radical (unpaired) electrons. The Balaban J connectivity index is 1.51. The number of hydrogen-bond acceptors (Lipinski definition) is 2. The van der Waals surface area contributed by atoms with Crippen LogP contribution >= 0.6 is 0 Å². The Morgan fingerprint density at radius 1 is 0.641 bits per heavy atom. The second kappa shape index (κ2) is 8.64. The molecule has 0 N–H and O–H groups in total. The highest BCUT2D eigenvalue weighted by atomic mass is 16.5. The van der Waals surface area contributed by atoms with Gasteiger partial charge in [0.2, 0.25) is 6.71 Å². The van der Waals surface area contributed by atoms with Gasteiger partial charge in [-0.15, -0.1) is 0 Å². The molecular weight excluding hydrogens is 473 g/mol. The SMILES string of the molecule is Cc1ccc(N2c3ccc(C)cc3B3c4cc(Oc5ccccc5)ccc4C(C)(C)c4c(C)ccc2c43)cc1. The number of fused-ring (bicyclic) bond motifs is 4. The molecule has 2 nitrogen and oxygen atoms in total. The van der Waals surface area contributed by atoms with Crippen molar-refractivity contribution in [2.45, 2.75) is 40.0 Å². The fraction of sp³-hybridized carbons (Fsp3) is 0.167. The van der Waals surface area contributed by atoms with Gasteiger partial charge < -0.3 is 9.64 Å². The summed E-state index contributed by atoms with van der Waals surface area (Å²) in [5.74, 6) is 1.73. The molecule has 0 saturated heterocycles. The topological polar surface area (TPSA) is 12.5 Å². The Labute approximate surface area is 232 Å². The molecular formula is C36H32BNO. The van der Waals surface area contributed by atoms with E-state index in [4.69, 9.17) is 4.74 Å². The van der Waals surface area contributed by atoms with E-state index in [1.54, 1.807) is 0 Å². The van der Waals surface area contributed by atoms with E-state index in [1.165, 1.54) is 61.3 Å². The molecule has 2 aliphatic rings. The van der Waals surface area contributed by atoms with Crippen molar-refractivity contribution in [3.63, 3.8) is 0 Å². The van der Waals surface area contributed by atoms with Crippen LogP contribution in [0, 0.1) is 20.8 Å². The van der Waals surface area contributed by atoms with Crippen LogP contribution in [0.25, 0.3) is 0 Å². The monoisotopic (exact) mass is 505 g/mol. The van der Waals surface area contributed by atoms with Gasteiger partial charge in [-0.05, 0) is 96.9 Å². The third-order valence-electron chi connectivity index (χ3n) is 8.60. The van der Waals surface area contributed by atoms with Gasteiger partial charge in [0.25, 0.3) is 0 Å². The largest absolute Gasteiger partial charge is 0.457 e. The van der Waals surface area contributed by atoms with Gasteiger partial charge in [-0.3, -0.25) is 0 Å². The summed E-state index contributed by atoms with van der Waals surface area (Å²) in [4.78, 5) is 2.47. The number of benzene rings is 5. The number of rotatable bonds is 3. The highest BCUT2D eigenvalue weighted by Crippen LogP contribution is 2.44. The second-order valence-corrected chi connectivity index (χ2v) is 11.6. The molecule has 5 aromatic carbocycles. The second-order valence-electron chi connectivity index (χ2n) is 11.6. The Morgan fingerprint density at radius 2 is 1.36 bits per heavy atom. The predicted molar refractivity (Wildman–Crippen MR) is 165 cm³/mol. The van der Waals surface area contributed by atoms with Crippen molar-refractivity contribution >= 4 is 40.2 Å². The Kier molecular flexibility index (Phi) is 5.28. The maximum Gasteiger partial charge on any atom is 0.247 e. The van der Waals surface area contributed by atoms with E-state index in [0.717, 1.165) is 11.5 Å². The molecule has 7 rings (SSSR count). The maximum absolute atomic E-state index is 6.37. The fourth-order valence-corrected chi connectivity index (χ4v) is 6.90. The summed E-state index contributed by atoms with van der Waals surface area (Å²) in [7, 11) is 0. The zero-order valence-corrected chi connectivity index (χ0v) is 23.2. The molecule has 0 bridgehead atoms. The lowest BCUT2D eigenvalue weighted by Gasteiger charge is -2.46. The third kappa shape index (κ3) is 3.64. The molecule has 39 heavy (non-hydrogen) atoms. The first-order valence-corrected chi connectivity index (χ1v) is 13.8. The first kappa shape index (κ1) is 23.9. The van der Waals surface area contributed by atoms with Crippen molar-refractivity contribution in [1.29, 1.82) is 0 Å². The number of aryl methyl sites for hydroxylation is 3. The molecule has 0 saturated carbocycles. The smallest absolute Gasteiger partial charge is 0.247 e. The summed E-state index contributed by atoms with van der Waals surface area (Å²) in [5, 5.41) is 0. The van der Waals surface area contributed by atoms with Gasteiger partial charge in [0.1, 0.15) is 11.5 Å². The quantitative estimate of drug-likeness (QED) is 0.233. The van der Waals surface area contributed by atoms with E-state index >= 15 is 0 Å². The van der Waals surface area contributed by atoms with E-state index in [1.807, 2.05) is 30.3 Å². The lowest BCUT2D eigenvalue weighted by molar-refractivity contribution is 0.482. The third-order valence-corrected chi connectivity index (χ3v) is 8.60. The molecule has 3 heteroatoms. The predicted octanol–water partition coefficient (Wildman–Crippen LogP) is 7.34. The van der Waals surface area contributed by atoms with Crippen LogP contribution in [0.4, 0.5) is 17.1 Å². The molecule has 0 spiro atoms. The minimum atomic E-state index is -0.146. The summed E-state index contributed by atoms with van der Waals surface area (Å²) >= 11 is 0. The van der Waals surface area contributed by atoms with Gasteiger partial charge in [0, 0.05) is 22.5 Å². The Hall–Kier alpha value is -4.24. The molecule has 2 aliphatic heterocycles. The molecule has 0 atom stereocenters. The van der Waals surface area contributed by atoms with Crippen LogP contribution in [0.1, 0.15) is 41.7 Å². The van der Waals surface area contributed by atoms with Crippen molar-refractivity contribution in [3.05, 3.63) is 131 Å². The minimum Gasteiger partial charge on any atom is -0.457 e. The number of hydrogen-bond donors (Lipinski definition) is 0. The molecule has 190 valence electrons. The van der Waals surface area contributed by atoms with Crippen LogP contribution < -0.4 is 26.0 Å². The van der Waals surface area contributed by atoms with Gasteiger partial charge in [-0.2, -0.15) is 0 Å². The Morgan fingerprint density at radius 3 is 2.13 bits per heavy atom. The van der Waals surface area contributed by atoms with Gasteiger partial charge in [0.05, 0.1) is 0 Å². The highest BCUT2D eigenvalue weighted by Gasteiger charge is 2.46. The van der Waals surface area contributed by atoms with E-state index in [9.17, 15) is 0 Å². The molecule has 0 unspecified atom stereocenters. The van der Waals surface area contributed by atoms with Crippen LogP contribution in [-0.4, -0.2) is 6.71 Å². The van der Waals surface area contributed by atoms with Gasteiger partial charge in [-0.25, -0.2) is 0 Å². The van der Waals surface area contributed by atoms with Crippen LogP contribution in [0.3, 0.4) is 0 Å². The number of ether oxygens (including phenoxy) is 1. The lowest BCUT2D eigenvalue weighted by atomic mass is 9.30. The van der Waals surface area contributed by atoms with Crippen molar-refractivity contribution in [2.75, 3.05) is 4.90 Å². The molecule has 2 heterocycles. The molecule has 0 amide bonds. The normalized spacial score (nSPS) is 14.4. The minimum absolute atomic E-state index is 0.133. The highest BCUT2D eigenvalue weighted by molar-refractivity contribution is 6.99. The van der Waals surface area contributed by atoms with Gasteiger partial charge >= 0.3 is 0 Å². The van der Waals surface area contributed by atoms with Crippen molar-refractivity contribution in [3.8, 4) is 11.5 Å². The maximum atomic E-state index is 6.37. The number of nitrogens with zero attached hydrogens (tertiary/aromatic N) is 1. The van der Waals surface area contributed by atoms with E-state index in [2.05, 4.69) is 112 Å². The molecule has 0 aromatic heterocycles. The summed E-state index contributed by atoms with van der Waals surface area (Å²) in [6.45, 7) is 11.5. The van der Waals surface area contributed by atoms with E-state index < -0.39 is 0 Å². The average molecular weight is 505 g/mol. The van der Waals surface area contributed by atoms with Gasteiger partial charge in [-0.1, -0.05) is 85.0 Å². The van der Waals surface area contributed by atoms with Gasteiger partial charge in [0.15, 0.2) is 0 Å². The van der Waals surface area contributed by atoms with Crippen molar-refractivity contribution in [2.24, 2.45) is 0 Å². The fourth-order valence-electron chi connectivity index (χ4n) is 6.90. The van der Waals surface area contributed by atoms with E-state index in [-0.39, 0.29) is 12.1 Å². The zero-order valence-electron chi connectivity index (χ0n) is 23.2. The summed E-state index contributed by atoms with van der Waals surface area (Å²) in [6, 6.07) is 37.3. The molecule has 0 aliphatic carbocycles. The zero-order chi connectivity index (χ0) is 26.9. The molecule has 5 aromatic rings. The number of para-hydroxylation sites is 1. The average Bonchev–Trinajstić information content (AvgIpc) is 2.92. The first-order valence-electron chi connectivity index (χ1n) is 13.8. The molecule has 0 fully saturated rings. The summed E-state index contributed by atoms with van der Waals surface area (Å²) in [5.41, 5.74) is 14.4. The van der Waals surface area contributed by atoms with E-state index in [0.29, 0.717) is 0 Å².